The van der Waals surface area contributed by atoms with Gasteiger partial charge in [0.1, 0.15) is 5.01 Å². The number of pyridine rings is 1. The van der Waals surface area contributed by atoms with E-state index in [-0.39, 0.29) is 5.91 Å². The van der Waals surface area contributed by atoms with Gasteiger partial charge in [-0.3, -0.25) is 9.78 Å². The van der Waals surface area contributed by atoms with Crippen LogP contribution in [0, 0.1) is 0 Å². The summed E-state index contributed by atoms with van der Waals surface area (Å²) in [6.07, 6.45) is 3.48. The van der Waals surface area contributed by atoms with Gasteiger partial charge in [0.15, 0.2) is 0 Å². The van der Waals surface area contributed by atoms with Crippen molar-refractivity contribution in [3.63, 3.8) is 0 Å². The molecule has 1 aromatic carbocycles. The fourth-order valence-corrected chi connectivity index (χ4v) is 3.84. The summed E-state index contributed by atoms with van der Waals surface area (Å²) in [5.74, 6) is 1.24. The molecule has 0 unspecified atom stereocenters. The molecule has 3 aromatic rings. The quantitative estimate of drug-likeness (QED) is 0.754. The van der Waals surface area contributed by atoms with Crippen molar-refractivity contribution in [3.8, 4) is 0 Å². The first kappa shape index (κ1) is 15.0. The van der Waals surface area contributed by atoms with Crippen LogP contribution in [0.1, 0.15) is 10.6 Å². The van der Waals surface area contributed by atoms with Crippen LogP contribution in [0.5, 0.6) is 0 Å². The molecule has 22 heavy (non-hydrogen) atoms. The predicted molar refractivity (Wildman–Crippen MR) is 91.9 cm³/mol. The van der Waals surface area contributed by atoms with E-state index in [0.717, 1.165) is 21.8 Å². The van der Waals surface area contributed by atoms with Crippen molar-refractivity contribution < 1.29 is 4.79 Å². The van der Waals surface area contributed by atoms with Crippen molar-refractivity contribution in [1.82, 2.24) is 15.3 Å². The summed E-state index contributed by atoms with van der Waals surface area (Å²) in [4.78, 5) is 20.4. The number of amides is 1. The van der Waals surface area contributed by atoms with Crippen molar-refractivity contribution >= 4 is 39.2 Å². The number of thioether (sulfide) groups is 1. The zero-order chi connectivity index (χ0) is 15.2. The van der Waals surface area contributed by atoms with Crippen molar-refractivity contribution in [1.29, 1.82) is 0 Å². The highest BCUT2D eigenvalue weighted by Crippen LogP contribution is 2.24. The minimum absolute atomic E-state index is 0.0370. The van der Waals surface area contributed by atoms with Gasteiger partial charge in [-0.1, -0.05) is 18.2 Å². The topological polar surface area (TPSA) is 54.9 Å². The maximum atomic E-state index is 11.8. The molecule has 6 heteroatoms. The second-order valence-corrected chi connectivity index (χ2v) is 6.81. The lowest BCUT2D eigenvalue weighted by atomic mass is 10.3. The molecule has 0 fully saturated rings. The van der Waals surface area contributed by atoms with E-state index in [9.17, 15) is 4.79 Å². The summed E-state index contributed by atoms with van der Waals surface area (Å²) in [5.41, 5.74) is 2.04. The largest absolute Gasteiger partial charge is 0.351 e. The maximum Gasteiger partial charge on any atom is 0.230 e. The second kappa shape index (κ2) is 7.38. The molecule has 3 rings (SSSR count). The summed E-state index contributed by atoms with van der Waals surface area (Å²) in [6.45, 7) is 0.522. The molecule has 0 spiro atoms. The summed E-state index contributed by atoms with van der Waals surface area (Å²) < 4.78 is 1.19. The Bertz CT molecular complexity index is 725. The van der Waals surface area contributed by atoms with Gasteiger partial charge in [0.05, 0.1) is 16.0 Å². The highest BCUT2D eigenvalue weighted by atomic mass is 32.2. The van der Waals surface area contributed by atoms with E-state index in [4.69, 9.17) is 0 Å². The number of carbonyl (C=O) groups is 1. The molecular weight excluding hydrogens is 314 g/mol. The van der Waals surface area contributed by atoms with Crippen LogP contribution in [0.3, 0.4) is 0 Å². The SMILES string of the molecule is O=C(CSCc1nc2ccccc2s1)NCc1cccnc1. The van der Waals surface area contributed by atoms with Crippen molar-refractivity contribution in [2.45, 2.75) is 12.3 Å². The van der Waals surface area contributed by atoms with Crippen LogP contribution in [0.2, 0.25) is 0 Å². The van der Waals surface area contributed by atoms with E-state index < -0.39 is 0 Å². The van der Waals surface area contributed by atoms with Crippen LogP contribution < -0.4 is 5.32 Å². The van der Waals surface area contributed by atoms with E-state index in [1.807, 2.05) is 30.3 Å². The number of fused-ring (bicyclic) bond motifs is 1. The Morgan fingerprint density at radius 1 is 1.23 bits per heavy atom. The number of carbonyl (C=O) groups excluding carboxylic acids is 1. The Morgan fingerprint density at radius 3 is 2.95 bits per heavy atom. The number of nitrogens with zero attached hydrogens (tertiary/aromatic N) is 2. The van der Waals surface area contributed by atoms with E-state index in [2.05, 4.69) is 21.4 Å². The Hall–Kier alpha value is -1.92. The Labute approximate surface area is 137 Å². The minimum Gasteiger partial charge on any atom is -0.351 e. The van der Waals surface area contributed by atoms with Crippen LogP contribution in [0.25, 0.3) is 10.2 Å². The molecule has 0 radical (unpaired) electrons. The van der Waals surface area contributed by atoms with Crippen molar-refractivity contribution in [3.05, 3.63) is 59.4 Å². The van der Waals surface area contributed by atoms with Gasteiger partial charge in [-0.25, -0.2) is 4.98 Å². The number of nitrogens with one attached hydrogen (secondary N) is 1. The average Bonchev–Trinajstić information content (AvgIpc) is 2.96. The maximum absolute atomic E-state index is 11.8. The van der Waals surface area contributed by atoms with E-state index in [1.54, 1.807) is 35.5 Å². The molecule has 0 saturated heterocycles. The van der Waals surface area contributed by atoms with Gasteiger partial charge in [-0.05, 0) is 23.8 Å². The lowest BCUT2D eigenvalue weighted by Crippen LogP contribution is -2.24. The molecule has 0 aliphatic carbocycles. The number of aromatic nitrogens is 2. The molecule has 0 atom stereocenters. The lowest BCUT2D eigenvalue weighted by Gasteiger charge is -2.04. The number of rotatable bonds is 6. The minimum atomic E-state index is 0.0370. The molecule has 2 aromatic heterocycles. The fraction of sp³-hybridized carbons (Fsp3) is 0.188. The highest BCUT2D eigenvalue weighted by Gasteiger charge is 2.06. The van der Waals surface area contributed by atoms with Crippen LogP contribution >= 0.6 is 23.1 Å². The number of benzene rings is 1. The number of hydrogen-bond donors (Lipinski definition) is 1. The first-order valence-electron chi connectivity index (χ1n) is 6.89. The second-order valence-electron chi connectivity index (χ2n) is 4.71. The van der Waals surface area contributed by atoms with E-state index in [0.29, 0.717) is 12.3 Å². The van der Waals surface area contributed by atoms with Gasteiger partial charge in [0.25, 0.3) is 0 Å². The third kappa shape index (κ3) is 4.05. The molecule has 112 valence electrons. The van der Waals surface area contributed by atoms with Crippen molar-refractivity contribution in [2.24, 2.45) is 0 Å². The van der Waals surface area contributed by atoms with Gasteiger partial charge >= 0.3 is 0 Å². The summed E-state index contributed by atoms with van der Waals surface area (Å²) in [6, 6.07) is 11.9. The monoisotopic (exact) mass is 329 g/mol. The molecular formula is C16H15N3OS2. The Kier molecular flexibility index (Phi) is 5.03. The first-order valence-corrected chi connectivity index (χ1v) is 8.86. The fourth-order valence-electron chi connectivity index (χ4n) is 1.97. The van der Waals surface area contributed by atoms with E-state index >= 15 is 0 Å². The molecule has 0 bridgehead atoms. The zero-order valence-corrected chi connectivity index (χ0v) is 13.5. The smallest absolute Gasteiger partial charge is 0.230 e. The van der Waals surface area contributed by atoms with Crippen molar-refractivity contribution in [2.75, 3.05) is 5.75 Å². The molecule has 2 heterocycles. The van der Waals surface area contributed by atoms with Crippen LogP contribution in [-0.2, 0) is 17.1 Å². The molecule has 0 aliphatic rings. The van der Waals surface area contributed by atoms with Crippen LogP contribution in [0.4, 0.5) is 0 Å². The molecule has 4 nitrogen and oxygen atoms in total. The Balaban J connectivity index is 1.43. The van der Waals surface area contributed by atoms with Gasteiger partial charge in [0, 0.05) is 24.7 Å². The van der Waals surface area contributed by atoms with E-state index in [1.165, 1.54) is 4.70 Å². The molecule has 1 N–H and O–H groups in total. The molecule has 0 saturated carbocycles. The average molecular weight is 329 g/mol. The molecule has 0 aliphatic heterocycles. The van der Waals surface area contributed by atoms with Crippen LogP contribution in [0.15, 0.2) is 48.8 Å². The first-order chi connectivity index (χ1) is 10.8. The Morgan fingerprint density at radius 2 is 2.14 bits per heavy atom. The zero-order valence-electron chi connectivity index (χ0n) is 11.9. The van der Waals surface area contributed by atoms with Gasteiger partial charge < -0.3 is 5.32 Å². The number of para-hydroxylation sites is 1. The van der Waals surface area contributed by atoms with Crippen LogP contribution in [-0.4, -0.2) is 21.6 Å². The standard InChI is InChI=1S/C16H15N3OS2/c20-15(18-9-12-4-3-7-17-8-12)10-21-11-16-19-13-5-1-2-6-14(13)22-16/h1-8H,9-11H2,(H,18,20). The third-order valence-electron chi connectivity index (χ3n) is 3.01. The molecule has 1 amide bonds. The summed E-state index contributed by atoms with van der Waals surface area (Å²) >= 11 is 3.27. The summed E-state index contributed by atoms with van der Waals surface area (Å²) in [5, 5.41) is 3.96. The number of thiazole rings is 1. The normalized spacial score (nSPS) is 10.7. The van der Waals surface area contributed by atoms with Gasteiger partial charge in [0.2, 0.25) is 5.91 Å². The lowest BCUT2D eigenvalue weighted by molar-refractivity contribution is -0.118. The van der Waals surface area contributed by atoms with Gasteiger partial charge in [-0.2, -0.15) is 0 Å². The predicted octanol–water partition coefficient (Wildman–Crippen LogP) is 3.24. The summed E-state index contributed by atoms with van der Waals surface area (Å²) in [7, 11) is 0. The van der Waals surface area contributed by atoms with Gasteiger partial charge in [-0.15, -0.1) is 23.1 Å². The third-order valence-corrected chi connectivity index (χ3v) is 5.17. The number of hydrogen-bond acceptors (Lipinski definition) is 5. The highest BCUT2D eigenvalue weighted by molar-refractivity contribution is 7.99.